The molecule has 0 N–H and O–H groups in total. The summed E-state index contributed by atoms with van der Waals surface area (Å²) in [5.74, 6) is 1.71. The summed E-state index contributed by atoms with van der Waals surface area (Å²) in [7, 11) is 6.41. The van der Waals surface area contributed by atoms with Crippen LogP contribution in [0.15, 0.2) is 55.1 Å². The molecule has 1 fully saturated rings. The number of likely N-dealkylation sites (tertiary alicyclic amines) is 1. The highest BCUT2D eigenvalue weighted by Crippen LogP contribution is 2.18. The van der Waals surface area contributed by atoms with Gasteiger partial charge in [0.05, 0.1) is 18.8 Å². The van der Waals surface area contributed by atoms with Crippen molar-refractivity contribution in [2.75, 3.05) is 60.5 Å². The van der Waals surface area contributed by atoms with Crippen molar-refractivity contribution in [3.05, 3.63) is 77.4 Å². The maximum absolute atomic E-state index is 11.9. The standard InChI is InChI=1S/C18H30N2O.C18H27NO2.C2H6/c1-6-14-21-16(2)18-10-8-17(9-11-18)15-20(5)13-7-12-19(3)4;1-14(2)13-21-18(20)17-8-6-16(7-9-17)12-19-10-4-5-15(3)11-19;1-2/h8-11H,2,6-7,12-15H2,1,3-5H3;6-9,14-15H,4-5,10-13H2,1-3H3;1-2H3. The maximum atomic E-state index is 11.9. The molecule has 0 bridgehead atoms. The van der Waals surface area contributed by atoms with Crippen LogP contribution in [0.1, 0.15) is 94.3 Å². The Bertz CT molecular complexity index is 1030. The Labute approximate surface area is 270 Å². The van der Waals surface area contributed by atoms with Crippen molar-refractivity contribution in [2.45, 2.75) is 80.3 Å². The van der Waals surface area contributed by atoms with Crippen LogP contribution in [0.2, 0.25) is 0 Å². The summed E-state index contributed by atoms with van der Waals surface area (Å²) < 4.78 is 10.8. The van der Waals surface area contributed by atoms with Crippen LogP contribution in [-0.2, 0) is 22.6 Å². The molecule has 3 rings (SSSR count). The third-order valence-corrected chi connectivity index (χ3v) is 7.24. The largest absolute Gasteiger partial charge is 0.494 e. The topological polar surface area (TPSA) is 45.3 Å². The van der Waals surface area contributed by atoms with Crippen molar-refractivity contribution in [1.29, 1.82) is 0 Å². The van der Waals surface area contributed by atoms with Crippen molar-refractivity contribution in [3.63, 3.8) is 0 Å². The number of rotatable bonds is 15. The second-order valence-electron chi connectivity index (χ2n) is 12.5. The SMILES string of the molecule is C=C(OCCC)c1ccc(CN(C)CCCN(C)C)cc1.CC.CC(C)COC(=O)c1ccc(CN2CCCC(C)C2)cc1. The number of esters is 1. The Morgan fingerprint density at radius 1 is 0.955 bits per heavy atom. The molecular weight excluding hydrogens is 546 g/mol. The first-order chi connectivity index (χ1) is 21.1. The van der Waals surface area contributed by atoms with E-state index in [1.807, 2.05) is 52.0 Å². The first kappa shape index (κ1) is 39.4. The van der Waals surface area contributed by atoms with Gasteiger partial charge in [0.2, 0.25) is 0 Å². The van der Waals surface area contributed by atoms with Crippen LogP contribution in [0.3, 0.4) is 0 Å². The average molecular weight is 610 g/mol. The van der Waals surface area contributed by atoms with Gasteiger partial charge in [-0.05, 0) is 102 Å². The minimum Gasteiger partial charge on any atom is -0.494 e. The van der Waals surface area contributed by atoms with Gasteiger partial charge >= 0.3 is 5.97 Å². The van der Waals surface area contributed by atoms with E-state index < -0.39 is 0 Å². The third kappa shape index (κ3) is 17.0. The molecule has 0 amide bonds. The zero-order valence-electron chi connectivity index (χ0n) is 29.5. The van der Waals surface area contributed by atoms with E-state index in [0.717, 1.165) is 56.4 Å². The summed E-state index contributed by atoms with van der Waals surface area (Å²) in [5, 5.41) is 0. The second kappa shape index (κ2) is 22.8. The van der Waals surface area contributed by atoms with Crippen molar-refractivity contribution >= 4 is 11.7 Å². The lowest BCUT2D eigenvalue weighted by atomic mass is 9.99. The van der Waals surface area contributed by atoms with Gasteiger partial charge in [-0.1, -0.05) is 84.5 Å². The lowest BCUT2D eigenvalue weighted by molar-refractivity contribution is 0.0459. The lowest BCUT2D eigenvalue weighted by Gasteiger charge is -2.30. The third-order valence-electron chi connectivity index (χ3n) is 7.24. The van der Waals surface area contributed by atoms with Gasteiger partial charge in [-0.25, -0.2) is 4.79 Å². The number of nitrogens with zero attached hydrogens (tertiary/aromatic N) is 3. The Morgan fingerprint density at radius 2 is 1.57 bits per heavy atom. The first-order valence-electron chi connectivity index (χ1n) is 16.8. The van der Waals surface area contributed by atoms with E-state index in [4.69, 9.17) is 9.47 Å². The van der Waals surface area contributed by atoms with E-state index in [2.05, 4.69) is 80.5 Å². The summed E-state index contributed by atoms with van der Waals surface area (Å²) in [6, 6.07) is 16.4. The Balaban J connectivity index is 0.000000417. The van der Waals surface area contributed by atoms with Gasteiger partial charge in [0.1, 0.15) is 5.76 Å². The van der Waals surface area contributed by atoms with E-state index in [0.29, 0.717) is 18.1 Å². The highest BCUT2D eigenvalue weighted by atomic mass is 16.5. The molecule has 1 aliphatic heterocycles. The van der Waals surface area contributed by atoms with Crippen LogP contribution in [-0.4, -0.2) is 81.2 Å². The smallest absolute Gasteiger partial charge is 0.338 e. The maximum Gasteiger partial charge on any atom is 0.338 e. The predicted molar refractivity (Wildman–Crippen MR) is 188 cm³/mol. The van der Waals surface area contributed by atoms with Crippen molar-refractivity contribution in [1.82, 2.24) is 14.7 Å². The molecule has 0 spiro atoms. The van der Waals surface area contributed by atoms with Gasteiger partial charge in [0.15, 0.2) is 0 Å². The highest BCUT2D eigenvalue weighted by Gasteiger charge is 2.16. The fourth-order valence-corrected chi connectivity index (χ4v) is 4.91. The van der Waals surface area contributed by atoms with Crippen LogP contribution in [0.25, 0.3) is 5.76 Å². The lowest BCUT2D eigenvalue weighted by Crippen LogP contribution is -2.33. The zero-order valence-corrected chi connectivity index (χ0v) is 29.5. The van der Waals surface area contributed by atoms with Gasteiger partial charge in [0.25, 0.3) is 0 Å². The summed E-state index contributed by atoms with van der Waals surface area (Å²) in [5.41, 5.74) is 4.31. The van der Waals surface area contributed by atoms with Crippen LogP contribution < -0.4 is 0 Å². The van der Waals surface area contributed by atoms with Crippen LogP contribution >= 0.6 is 0 Å². The summed E-state index contributed by atoms with van der Waals surface area (Å²) in [4.78, 5) is 18.9. The number of hydrogen-bond donors (Lipinski definition) is 0. The van der Waals surface area contributed by atoms with Crippen LogP contribution in [0, 0.1) is 11.8 Å². The van der Waals surface area contributed by atoms with E-state index in [9.17, 15) is 4.79 Å². The Morgan fingerprint density at radius 3 is 2.14 bits per heavy atom. The number of piperidine rings is 1. The number of hydrogen-bond acceptors (Lipinski definition) is 6. The fraction of sp³-hybridized carbons (Fsp3) is 0.605. The molecule has 1 heterocycles. The normalized spacial score (nSPS) is 14.9. The molecule has 1 unspecified atom stereocenters. The molecule has 2 aromatic carbocycles. The van der Waals surface area contributed by atoms with E-state index in [1.54, 1.807) is 0 Å². The van der Waals surface area contributed by atoms with Gasteiger partial charge in [-0.15, -0.1) is 0 Å². The summed E-state index contributed by atoms with van der Waals surface area (Å²) in [6.45, 7) is 24.3. The Hall–Kier alpha value is -2.67. The molecule has 1 aliphatic rings. The highest BCUT2D eigenvalue weighted by molar-refractivity contribution is 5.89. The molecular formula is C38H63N3O3. The Kier molecular flexibility index (Phi) is 20.4. The predicted octanol–water partition coefficient (Wildman–Crippen LogP) is 8.22. The van der Waals surface area contributed by atoms with Gasteiger partial charge in [-0.2, -0.15) is 0 Å². The van der Waals surface area contributed by atoms with Crippen LogP contribution in [0.4, 0.5) is 0 Å². The van der Waals surface area contributed by atoms with Crippen LogP contribution in [0.5, 0.6) is 0 Å². The first-order valence-corrected chi connectivity index (χ1v) is 16.8. The minimum atomic E-state index is -0.221. The molecule has 0 saturated carbocycles. The van der Waals surface area contributed by atoms with E-state index >= 15 is 0 Å². The molecule has 0 aromatic heterocycles. The minimum absolute atomic E-state index is 0.221. The molecule has 0 aliphatic carbocycles. The average Bonchev–Trinajstić information content (AvgIpc) is 3.00. The number of carbonyl (C=O) groups is 1. The van der Waals surface area contributed by atoms with Gasteiger partial charge in [0, 0.05) is 25.2 Å². The zero-order chi connectivity index (χ0) is 32.9. The molecule has 2 aromatic rings. The molecule has 1 atom stereocenters. The van der Waals surface area contributed by atoms with Crippen molar-refractivity contribution < 1.29 is 14.3 Å². The van der Waals surface area contributed by atoms with Crippen molar-refractivity contribution in [3.8, 4) is 0 Å². The van der Waals surface area contributed by atoms with Crippen molar-refractivity contribution in [2.24, 2.45) is 11.8 Å². The van der Waals surface area contributed by atoms with Gasteiger partial charge < -0.3 is 19.3 Å². The molecule has 248 valence electrons. The number of carbonyl (C=O) groups excluding carboxylic acids is 1. The quantitative estimate of drug-likeness (QED) is 0.150. The van der Waals surface area contributed by atoms with Gasteiger partial charge in [-0.3, -0.25) is 4.90 Å². The monoisotopic (exact) mass is 609 g/mol. The van der Waals surface area contributed by atoms with E-state index in [-0.39, 0.29) is 5.97 Å². The summed E-state index contributed by atoms with van der Waals surface area (Å²) in [6.07, 6.45) is 4.84. The number of benzene rings is 2. The molecule has 6 nitrogen and oxygen atoms in total. The van der Waals surface area contributed by atoms with E-state index in [1.165, 1.54) is 43.5 Å². The molecule has 1 saturated heterocycles. The number of ether oxygens (including phenoxy) is 2. The fourth-order valence-electron chi connectivity index (χ4n) is 4.91. The second-order valence-corrected chi connectivity index (χ2v) is 12.5. The molecule has 6 heteroatoms. The molecule has 44 heavy (non-hydrogen) atoms. The molecule has 0 radical (unpaired) electrons. The summed E-state index contributed by atoms with van der Waals surface area (Å²) >= 11 is 0.